The van der Waals surface area contributed by atoms with Gasteiger partial charge in [-0.1, -0.05) is 20.8 Å². The van der Waals surface area contributed by atoms with Gasteiger partial charge in [-0.15, -0.1) is 0 Å². The highest BCUT2D eigenvalue weighted by molar-refractivity contribution is 5.97. The van der Waals surface area contributed by atoms with Crippen molar-refractivity contribution in [3.8, 4) is 0 Å². The summed E-state index contributed by atoms with van der Waals surface area (Å²) in [4.78, 5) is 12.4. The van der Waals surface area contributed by atoms with E-state index in [-0.39, 0.29) is 17.4 Å². The molecule has 0 bridgehead atoms. The lowest BCUT2D eigenvalue weighted by molar-refractivity contribution is 0.0897. The third kappa shape index (κ3) is 3.60. The number of rotatable bonds is 4. The molecule has 1 aromatic heterocycles. The molecule has 0 saturated carbocycles. The van der Waals surface area contributed by atoms with Crippen molar-refractivity contribution in [2.75, 3.05) is 6.54 Å². The van der Waals surface area contributed by atoms with Crippen molar-refractivity contribution in [3.63, 3.8) is 0 Å². The van der Waals surface area contributed by atoms with Crippen LogP contribution in [0.4, 0.5) is 0 Å². The Morgan fingerprint density at radius 1 is 1.26 bits per heavy atom. The zero-order valence-electron chi connectivity index (χ0n) is 12.9. The predicted molar refractivity (Wildman–Crippen MR) is 77.3 cm³/mol. The minimum absolute atomic E-state index is 0.0182. The minimum atomic E-state index is -0.0692. The van der Waals surface area contributed by atoms with Crippen molar-refractivity contribution in [1.29, 1.82) is 0 Å². The molecule has 0 radical (unpaired) electrons. The van der Waals surface area contributed by atoms with Crippen LogP contribution in [0.1, 0.15) is 54.6 Å². The molecule has 0 fully saturated rings. The Kier molecular flexibility index (Phi) is 4.80. The summed E-state index contributed by atoms with van der Waals surface area (Å²) >= 11 is 0. The molecule has 0 aliphatic heterocycles. The maximum atomic E-state index is 12.4. The largest absolute Gasteiger partial charge is 0.466 e. The number of hydrogen-bond acceptors (Lipinski definition) is 3. The highest BCUT2D eigenvalue weighted by Gasteiger charge is 2.28. The van der Waals surface area contributed by atoms with E-state index in [1.807, 2.05) is 20.8 Å². The molecule has 0 saturated heterocycles. The van der Waals surface area contributed by atoms with Gasteiger partial charge in [0.1, 0.15) is 11.5 Å². The first-order valence-corrected chi connectivity index (χ1v) is 6.76. The number of amides is 1. The number of carbonyl (C=O) groups excluding carboxylic acids is 1. The number of carbonyl (C=O) groups is 1. The van der Waals surface area contributed by atoms with E-state index in [9.17, 15) is 4.79 Å². The third-order valence-corrected chi connectivity index (χ3v) is 3.59. The van der Waals surface area contributed by atoms with Crippen LogP contribution in [0.2, 0.25) is 0 Å². The number of nitrogens with one attached hydrogen (secondary N) is 1. The Balaban J connectivity index is 2.94. The molecule has 4 nitrogen and oxygen atoms in total. The summed E-state index contributed by atoms with van der Waals surface area (Å²) in [5.74, 6) is 1.40. The van der Waals surface area contributed by atoms with E-state index in [0.29, 0.717) is 17.9 Å². The molecule has 0 aromatic carbocycles. The summed E-state index contributed by atoms with van der Waals surface area (Å²) in [6.07, 6.45) is 0.768. The number of nitrogens with two attached hydrogens (primary N) is 1. The molecule has 1 heterocycles. The van der Waals surface area contributed by atoms with Gasteiger partial charge in [0.15, 0.2) is 0 Å². The Morgan fingerprint density at radius 3 is 2.21 bits per heavy atom. The average Bonchev–Trinajstić information content (AvgIpc) is 2.51. The van der Waals surface area contributed by atoms with E-state index in [4.69, 9.17) is 10.2 Å². The summed E-state index contributed by atoms with van der Waals surface area (Å²) in [6.45, 7) is 12.5. The Labute approximate surface area is 115 Å². The van der Waals surface area contributed by atoms with E-state index in [1.165, 1.54) is 0 Å². The molecule has 1 amide bonds. The van der Waals surface area contributed by atoms with Crippen LogP contribution in [-0.2, 0) is 0 Å². The standard InChI is InChI=1S/C15H26N2O2/c1-9-10(2)19-11(3)13(9)14(18)17-12(7-8-16)15(4,5)6/h12H,7-8,16H2,1-6H3,(H,17,18). The smallest absolute Gasteiger partial charge is 0.255 e. The van der Waals surface area contributed by atoms with Crippen LogP contribution in [0.25, 0.3) is 0 Å². The first-order chi connectivity index (χ1) is 8.68. The van der Waals surface area contributed by atoms with Gasteiger partial charge in [-0.05, 0) is 39.2 Å². The average molecular weight is 266 g/mol. The quantitative estimate of drug-likeness (QED) is 0.880. The molecule has 19 heavy (non-hydrogen) atoms. The first-order valence-electron chi connectivity index (χ1n) is 6.76. The number of aryl methyl sites for hydroxylation is 2. The summed E-state index contributed by atoms with van der Waals surface area (Å²) < 4.78 is 5.51. The van der Waals surface area contributed by atoms with Crippen LogP contribution in [0.5, 0.6) is 0 Å². The second-order valence-corrected chi connectivity index (χ2v) is 6.18. The predicted octanol–water partition coefficient (Wildman–Crippen LogP) is 2.70. The lowest BCUT2D eigenvalue weighted by Gasteiger charge is -2.31. The van der Waals surface area contributed by atoms with Crippen LogP contribution in [-0.4, -0.2) is 18.5 Å². The van der Waals surface area contributed by atoms with Crippen LogP contribution >= 0.6 is 0 Å². The van der Waals surface area contributed by atoms with Crippen molar-refractivity contribution in [2.45, 2.75) is 54.0 Å². The van der Waals surface area contributed by atoms with Crippen molar-refractivity contribution in [3.05, 3.63) is 22.6 Å². The maximum Gasteiger partial charge on any atom is 0.255 e. The van der Waals surface area contributed by atoms with Gasteiger partial charge in [0.25, 0.3) is 5.91 Å². The zero-order valence-corrected chi connectivity index (χ0v) is 12.9. The van der Waals surface area contributed by atoms with E-state index >= 15 is 0 Å². The topological polar surface area (TPSA) is 68.3 Å². The molecule has 0 spiro atoms. The third-order valence-electron chi connectivity index (χ3n) is 3.59. The first kappa shape index (κ1) is 15.8. The summed E-state index contributed by atoms with van der Waals surface area (Å²) in [5.41, 5.74) is 7.19. The van der Waals surface area contributed by atoms with E-state index < -0.39 is 0 Å². The zero-order chi connectivity index (χ0) is 14.8. The van der Waals surface area contributed by atoms with Gasteiger partial charge in [-0.3, -0.25) is 4.79 Å². The van der Waals surface area contributed by atoms with Crippen LogP contribution in [0, 0.1) is 26.2 Å². The number of hydrogen-bond donors (Lipinski definition) is 2. The maximum absolute atomic E-state index is 12.4. The molecular formula is C15H26N2O2. The molecule has 4 heteroatoms. The fourth-order valence-corrected chi connectivity index (χ4v) is 2.25. The van der Waals surface area contributed by atoms with E-state index in [0.717, 1.165) is 17.7 Å². The van der Waals surface area contributed by atoms with Gasteiger partial charge >= 0.3 is 0 Å². The van der Waals surface area contributed by atoms with Gasteiger partial charge in [0, 0.05) is 11.6 Å². The van der Waals surface area contributed by atoms with Crippen molar-refractivity contribution >= 4 is 5.91 Å². The normalized spacial score (nSPS) is 13.4. The minimum Gasteiger partial charge on any atom is -0.466 e. The Hall–Kier alpha value is -1.29. The van der Waals surface area contributed by atoms with Crippen LogP contribution in [0.3, 0.4) is 0 Å². The highest BCUT2D eigenvalue weighted by Crippen LogP contribution is 2.24. The van der Waals surface area contributed by atoms with Gasteiger partial charge in [-0.2, -0.15) is 0 Å². The molecular weight excluding hydrogens is 240 g/mol. The van der Waals surface area contributed by atoms with Crippen molar-refractivity contribution in [2.24, 2.45) is 11.1 Å². The number of furan rings is 1. The van der Waals surface area contributed by atoms with Gasteiger partial charge < -0.3 is 15.5 Å². The molecule has 1 unspecified atom stereocenters. The SMILES string of the molecule is Cc1oc(C)c(C(=O)NC(CCN)C(C)(C)C)c1C. The molecule has 3 N–H and O–H groups in total. The monoisotopic (exact) mass is 266 g/mol. The fourth-order valence-electron chi connectivity index (χ4n) is 2.25. The van der Waals surface area contributed by atoms with Gasteiger partial charge in [0.2, 0.25) is 0 Å². The Morgan fingerprint density at radius 2 is 1.84 bits per heavy atom. The summed E-state index contributed by atoms with van der Waals surface area (Å²) in [6, 6.07) is 0.0546. The molecule has 1 aromatic rings. The van der Waals surface area contributed by atoms with Crippen LogP contribution in [0.15, 0.2) is 4.42 Å². The summed E-state index contributed by atoms with van der Waals surface area (Å²) in [5, 5.41) is 3.09. The van der Waals surface area contributed by atoms with Gasteiger partial charge in [-0.25, -0.2) is 0 Å². The van der Waals surface area contributed by atoms with Crippen molar-refractivity contribution in [1.82, 2.24) is 5.32 Å². The van der Waals surface area contributed by atoms with Crippen LogP contribution < -0.4 is 11.1 Å². The molecule has 108 valence electrons. The van der Waals surface area contributed by atoms with E-state index in [2.05, 4.69) is 26.1 Å². The highest BCUT2D eigenvalue weighted by atomic mass is 16.3. The second-order valence-electron chi connectivity index (χ2n) is 6.18. The van der Waals surface area contributed by atoms with Crippen molar-refractivity contribution < 1.29 is 9.21 Å². The van der Waals surface area contributed by atoms with Gasteiger partial charge in [0.05, 0.1) is 5.56 Å². The second kappa shape index (κ2) is 5.78. The lowest BCUT2D eigenvalue weighted by Crippen LogP contribution is -2.45. The Bertz CT molecular complexity index is 455. The summed E-state index contributed by atoms with van der Waals surface area (Å²) in [7, 11) is 0. The molecule has 1 atom stereocenters. The molecule has 1 rings (SSSR count). The lowest BCUT2D eigenvalue weighted by atomic mass is 9.84. The molecule has 0 aliphatic carbocycles. The molecule has 0 aliphatic rings. The van der Waals surface area contributed by atoms with E-state index in [1.54, 1.807) is 0 Å². The fraction of sp³-hybridized carbons (Fsp3) is 0.667.